The van der Waals surface area contributed by atoms with Gasteiger partial charge in [0.15, 0.2) is 5.65 Å². The predicted octanol–water partition coefficient (Wildman–Crippen LogP) is 2.08. The predicted molar refractivity (Wildman–Crippen MR) is 64.4 cm³/mol. The Kier molecular flexibility index (Phi) is 1.68. The maximum atomic E-state index is 5.83. The molecule has 0 bridgehead atoms. The van der Waals surface area contributed by atoms with Crippen LogP contribution in [0.15, 0.2) is 24.5 Å². The molecule has 0 unspecified atom stereocenters. The Hall–Kier alpha value is -2.10. The second kappa shape index (κ2) is 2.95. The fourth-order valence-electron chi connectivity index (χ4n) is 1.93. The fraction of sp³-hybridized carbons (Fsp3) is 0.167. The Morgan fingerprint density at radius 3 is 2.88 bits per heavy atom. The first-order valence-electron chi connectivity index (χ1n) is 5.17. The molecule has 2 N–H and O–H groups in total. The van der Waals surface area contributed by atoms with Gasteiger partial charge in [0.1, 0.15) is 11.2 Å². The van der Waals surface area contributed by atoms with Gasteiger partial charge < -0.3 is 5.73 Å². The number of hydrogen-bond acceptors (Lipinski definition) is 3. The Bertz CT molecular complexity index is 697. The smallest absolute Gasteiger partial charge is 0.164 e. The number of hydrogen-bond donors (Lipinski definition) is 1. The van der Waals surface area contributed by atoms with Crippen molar-refractivity contribution in [2.45, 2.75) is 13.8 Å². The summed E-state index contributed by atoms with van der Waals surface area (Å²) in [6, 6.07) is 4.04. The fourth-order valence-corrected chi connectivity index (χ4v) is 1.93. The third kappa shape index (κ3) is 1.04. The second-order valence-electron chi connectivity index (χ2n) is 4.01. The van der Waals surface area contributed by atoms with Crippen molar-refractivity contribution in [3.05, 3.63) is 35.7 Å². The highest BCUT2D eigenvalue weighted by Crippen LogP contribution is 2.22. The van der Waals surface area contributed by atoms with E-state index < -0.39 is 0 Å². The zero-order chi connectivity index (χ0) is 11.3. The first-order valence-corrected chi connectivity index (χ1v) is 5.17. The largest absolute Gasteiger partial charge is 0.397 e. The van der Waals surface area contributed by atoms with Gasteiger partial charge in [0, 0.05) is 11.8 Å². The molecule has 0 saturated heterocycles. The van der Waals surface area contributed by atoms with Crippen molar-refractivity contribution in [2.75, 3.05) is 5.73 Å². The number of nitrogen functional groups attached to an aromatic ring is 1. The summed E-state index contributed by atoms with van der Waals surface area (Å²) < 4.78 is 2.00. The third-order valence-electron chi connectivity index (χ3n) is 2.93. The summed E-state index contributed by atoms with van der Waals surface area (Å²) in [4.78, 5) is 8.94. The number of aromatic nitrogens is 3. The molecule has 3 aromatic heterocycles. The standard InChI is InChI=1S/C12H12N4/c1-7-4-3-5-16-11(7)15-10-8(2)9(13)6-14-12(10)16/h3-6H,13H2,1-2H3. The minimum Gasteiger partial charge on any atom is -0.397 e. The van der Waals surface area contributed by atoms with Crippen LogP contribution in [0.2, 0.25) is 0 Å². The lowest BCUT2D eigenvalue weighted by Crippen LogP contribution is -1.93. The number of imidazole rings is 1. The minimum absolute atomic E-state index is 0.688. The van der Waals surface area contributed by atoms with E-state index in [0.29, 0.717) is 5.69 Å². The molecule has 0 aliphatic carbocycles. The van der Waals surface area contributed by atoms with Crippen LogP contribution in [-0.4, -0.2) is 14.4 Å². The lowest BCUT2D eigenvalue weighted by atomic mass is 10.2. The number of pyridine rings is 2. The molecule has 3 aromatic rings. The first kappa shape index (κ1) is 9.15. The van der Waals surface area contributed by atoms with Crippen LogP contribution in [0.3, 0.4) is 0 Å². The monoisotopic (exact) mass is 212 g/mol. The Balaban J connectivity index is 2.60. The van der Waals surface area contributed by atoms with Gasteiger partial charge in [-0.15, -0.1) is 0 Å². The molecule has 80 valence electrons. The van der Waals surface area contributed by atoms with Crippen molar-refractivity contribution in [1.82, 2.24) is 14.4 Å². The van der Waals surface area contributed by atoms with Gasteiger partial charge in [-0.25, -0.2) is 9.97 Å². The van der Waals surface area contributed by atoms with Crippen molar-refractivity contribution < 1.29 is 0 Å². The van der Waals surface area contributed by atoms with Crippen LogP contribution in [0.25, 0.3) is 16.8 Å². The molecule has 0 aliphatic rings. The van der Waals surface area contributed by atoms with Crippen LogP contribution in [-0.2, 0) is 0 Å². The summed E-state index contributed by atoms with van der Waals surface area (Å²) in [7, 11) is 0. The van der Waals surface area contributed by atoms with E-state index in [1.165, 1.54) is 0 Å². The molecule has 0 spiro atoms. The summed E-state index contributed by atoms with van der Waals surface area (Å²) >= 11 is 0. The summed E-state index contributed by atoms with van der Waals surface area (Å²) in [5, 5.41) is 0. The van der Waals surface area contributed by atoms with E-state index in [0.717, 1.165) is 27.9 Å². The summed E-state index contributed by atoms with van der Waals surface area (Å²) in [6.07, 6.45) is 3.66. The van der Waals surface area contributed by atoms with Gasteiger partial charge in [-0.3, -0.25) is 4.40 Å². The van der Waals surface area contributed by atoms with Gasteiger partial charge in [0.05, 0.1) is 11.9 Å². The lowest BCUT2D eigenvalue weighted by Gasteiger charge is -1.99. The summed E-state index contributed by atoms with van der Waals surface area (Å²) in [5.41, 5.74) is 11.3. The highest BCUT2D eigenvalue weighted by Gasteiger charge is 2.10. The van der Waals surface area contributed by atoms with Gasteiger partial charge in [-0.2, -0.15) is 0 Å². The van der Waals surface area contributed by atoms with Gasteiger partial charge in [0.25, 0.3) is 0 Å². The summed E-state index contributed by atoms with van der Waals surface area (Å²) in [5.74, 6) is 0. The van der Waals surface area contributed by atoms with Gasteiger partial charge in [0.2, 0.25) is 0 Å². The molecular weight excluding hydrogens is 200 g/mol. The number of aryl methyl sites for hydroxylation is 2. The average Bonchev–Trinajstić information content (AvgIpc) is 2.65. The highest BCUT2D eigenvalue weighted by atomic mass is 15.1. The van der Waals surface area contributed by atoms with Crippen LogP contribution in [0.5, 0.6) is 0 Å². The van der Waals surface area contributed by atoms with E-state index >= 15 is 0 Å². The number of nitrogens with two attached hydrogens (primary N) is 1. The van der Waals surface area contributed by atoms with Gasteiger partial charge >= 0.3 is 0 Å². The van der Waals surface area contributed by atoms with Gasteiger partial charge in [-0.05, 0) is 25.5 Å². The lowest BCUT2D eigenvalue weighted by molar-refractivity contribution is 1.16. The zero-order valence-corrected chi connectivity index (χ0v) is 9.23. The van der Waals surface area contributed by atoms with E-state index in [1.54, 1.807) is 6.20 Å². The third-order valence-corrected chi connectivity index (χ3v) is 2.93. The Morgan fingerprint density at radius 1 is 1.25 bits per heavy atom. The second-order valence-corrected chi connectivity index (χ2v) is 4.01. The first-order chi connectivity index (χ1) is 7.68. The maximum Gasteiger partial charge on any atom is 0.164 e. The Morgan fingerprint density at radius 2 is 2.06 bits per heavy atom. The van der Waals surface area contributed by atoms with Crippen molar-refractivity contribution in [2.24, 2.45) is 0 Å². The molecule has 0 amide bonds. The SMILES string of the molecule is Cc1c(N)cnc2c1nc1c(C)cccn12. The van der Waals surface area contributed by atoms with E-state index in [2.05, 4.69) is 9.97 Å². The van der Waals surface area contributed by atoms with Crippen LogP contribution >= 0.6 is 0 Å². The van der Waals surface area contributed by atoms with Crippen LogP contribution < -0.4 is 5.73 Å². The molecule has 0 aliphatic heterocycles. The molecular formula is C12H12N4. The number of anilines is 1. The van der Waals surface area contributed by atoms with Crippen LogP contribution in [0, 0.1) is 13.8 Å². The van der Waals surface area contributed by atoms with E-state index in [9.17, 15) is 0 Å². The molecule has 3 rings (SSSR count). The van der Waals surface area contributed by atoms with Crippen LogP contribution in [0.1, 0.15) is 11.1 Å². The minimum atomic E-state index is 0.688. The molecule has 3 heterocycles. The average molecular weight is 212 g/mol. The van der Waals surface area contributed by atoms with Crippen molar-refractivity contribution in [3.63, 3.8) is 0 Å². The van der Waals surface area contributed by atoms with Gasteiger partial charge in [-0.1, -0.05) is 6.07 Å². The molecule has 4 nitrogen and oxygen atoms in total. The van der Waals surface area contributed by atoms with Crippen LogP contribution in [0.4, 0.5) is 5.69 Å². The van der Waals surface area contributed by atoms with Crippen molar-refractivity contribution in [3.8, 4) is 0 Å². The number of rotatable bonds is 0. The normalized spacial score (nSPS) is 11.4. The van der Waals surface area contributed by atoms with Crippen molar-refractivity contribution >= 4 is 22.5 Å². The highest BCUT2D eigenvalue weighted by molar-refractivity contribution is 5.84. The molecule has 0 radical (unpaired) electrons. The van der Waals surface area contributed by atoms with E-state index in [-0.39, 0.29) is 0 Å². The molecule has 0 aromatic carbocycles. The summed E-state index contributed by atoms with van der Waals surface area (Å²) in [6.45, 7) is 4.01. The Labute approximate surface area is 92.7 Å². The van der Waals surface area contributed by atoms with E-state index in [4.69, 9.17) is 5.73 Å². The molecule has 0 saturated carbocycles. The molecule has 0 atom stereocenters. The van der Waals surface area contributed by atoms with E-state index in [1.807, 2.05) is 36.6 Å². The topological polar surface area (TPSA) is 56.2 Å². The zero-order valence-electron chi connectivity index (χ0n) is 9.23. The molecule has 16 heavy (non-hydrogen) atoms. The maximum absolute atomic E-state index is 5.83. The van der Waals surface area contributed by atoms with Crippen molar-refractivity contribution in [1.29, 1.82) is 0 Å². The molecule has 4 heteroatoms. The number of nitrogens with zero attached hydrogens (tertiary/aromatic N) is 3. The number of fused-ring (bicyclic) bond motifs is 3. The molecule has 0 fully saturated rings. The quantitative estimate of drug-likeness (QED) is 0.620.